The molecule has 1 heterocycles. The van der Waals surface area contributed by atoms with E-state index < -0.39 is 0 Å². The van der Waals surface area contributed by atoms with E-state index in [1.807, 2.05) is 7.11 Å². The highest BCUT2D eigenvalue weighted by Crippen LogP contribution is 2.48. The van der Waals surface area contributed by atoms with Gasteiger partial charge in [-0.3, -0.25) is 0 Å². The zero-order valence-corrected chi connectivity index (χ0v) is 22.2. The first-order valence-electron chi connectivity index (χ1n) is 12.3. The van der Waals surface area contributed by atoms with E-state index in [0.717, 1.165) is 12.3 Å². The summed E-state index contributed by atoms with van der Waals surface area (Å²) in [5.41, 5.74) is 0.790. The molecule has 0 spiro atoms. The molecule has 1 aliphatic heterocycles. The Kier molecular flexibility index (Phi) is 10.8. The molecule has 0 aromatic heterocycles. The fourth-order valence-corrected chi connectivity index (χ4v) is 5.71. The fraction of sp³-hybridized carbons (Fsp3) is 1.00. The highest BCUT2D eigenvalue weighted by Gasteiger charge is 2.44. The molecule has 0 aromatic rings. The van der Waals surface area contributed by atoms with Gasteiger partial charge < -0.3 is 9.47 Å². The number of epoxide rings is 1. The third kappa shape index (κ3) is 8.88. The third-order valence-electron chi connectivity index (χ3n) is 7.14. The second-order valence-electron chi connectivity index (χ2n) is 11.2. The minimum Gasteiger partial charge on any atom is -0.379 e. The first kappa shape index (κ1) is 26.2. The maximum atomic E-state index is 5.95. The van der Waals surface area contributed by atoms with Crippen molar-refractivity contribution in [3.05, 3.63) is 0 Å². The second-order valence-corrected chi connectivity index (χ2v) is 12.6. The van der Waals surface area contributed by atoms with Crippen LogP contribution in [0.3, 0.4) is 0 Å². The minimum absolute atomic E-state index is 0.00824. The number of hydrogen-bond donors (Lipinski definition) is 0. The fourth-order valence-electron chi connectivity index (χ4n) is 5.71. The van der Waals surface area contributed by atoms with Crippen molar-refractivity contribution in [3.8, 4) is 0 Å². The Labute approximate surface area is 179 Å². The summed E-state index contributed by atoms with van der Waals surface area (Å²) in [5.74, 6) is 0.882. The Morgan fingerprint density at radius 1 is 0.964 bits per heavy atom. The molecular formula is C25H52O2Si. The Morgan fingerprint density at radius 2 is 1.61 bits per heavy atom. The summed E-state index contributed by atoms with van der Waals surface area (Å²) in [4.78, 5) is 0. The number of fused-ring (bicyclic) bond motifs is 1. The molecule has 2 rings (SSSR count). The van der Waals surface area contributed by atoms with Crippen LogP contribution in [0.2, 0.25) is 13.1 Å². The SMILES string of the molecule is CCCC(C)(C)CC(C)(CCC1CCC2OC2C1)CC(C)(CC)OC.C[SiH2]C. The molecule has 1 saturated carbocycles. The molecule has 0 aromatic carbocycles. The standard InChI is InChI=1S/C23H44O2.C2H8Si/c1-8-13-21(3,4)16-22(5,17-23(6,9-2)24-7)14-12-18-10-11-19-20(15-18)25-19;1-3-2/h18-20H,8-17H2,1-7H3;3H2,1-2H3. The molecule has 28 heavy (non-hydrogen) atoms. The molecule has 2 aliphatic rings. The average molecular weight is 413 g/mol. The first-order chi connectivity index (χ1) is 13.1. The van der Waals surface area contributed by atoms with Crippen molar-refractivity contribution in [2.24, 2.45) is 16.7 Å². The van der Waals surface area contributed by atoms with Crippen LogP contribution in [0.4, 0.5) is 0 Å². The summed E-state index contributed by atoms with van der Waals surface area (Å²) in [6, 6.07) is 0. The number of rotatable bonds is 11. The number of hydrogen-bond acceptors (Lipinski definition) is 2. The van der Waals surface area contributed by atoms with Gasteiger partial charge in [0.05, 0.1) is 17.8 Å². The van der Waals surface area contributed by atoms with E-state index in [1.54, 1.807) is 0 Å². The van der Waals surface area contributed by atoms with Gasteiger partial charge in [-0.1, -0.05) is 54.1 Å². The molecule has 168 valence electrons. The molecule has 3 heteroatoms. The summed E-state index contributed by atoms with van der Waals surface area (Å²) >= 11 is 0. The van der Waals surface area contributed by atoms with Crippen LogP contribution in [0, 0.1) is 16.7 Å². The molecule has 0 amide bonds. The van der Waals surface area contributed by atoms with Gasteiger partial charge in [0, 0.05) is 16.6 Å². The molecule has 2 nitrogen and oxygen atoms in total. The predicted molar refractivity (Wildman–Crippen MR) is 127 cm³/mol. The normalized spacial score (nSPS) is 28.4. The monoisotopic (exact) mass is 412 g/mol. The van der Waals surface area contributed by atoms with Crippen molar-refractivity contribution in [2.75, 3.05) is 7.11 Å². The van der Waals surface area contributed by atoms with E-state index in [9.17, 15) is 0 Å². The lowest BCUT2D eigenvalue weighted by atomic mass is 9.64. The van der Waals surface area contributed by atoms with Crippen LogP contribution < -0.4 is 0 Å². The lowest BCUT2D eigenvalue weighted by Crippen LogP contribution is -2.37. The van der Waals surface area contributed by atoms with Crippen LogP contribution in [0.15, 0.2) is 0 Å². The van der Waals surface area contributed by atoms with E-state index in [0.29, 0.717) is 32.6 Å². The van der Waals surface area contributed by atoms with E-state index >= 15 is 0 Å². The highest BCUT2D eigenvalue weighted by molar-refractivity contribution is 6.31. The summed E-state index contributed by atoms with van der Waals surface area (Å²) in [5, 5.41) is 0. The third-order valence-corrected chi connectivity index (χ3v) is 7.14. The lowest BCUT2D eigenvalue weighted by Gasteiger charge is -2.43. The van der Waals surface area contributed by atoms with Crippen molar-refractivity contribution in [3.63, 3.8) is 0 Å². The highest BCUT2D eigenvalue weighted by atomic mass is 28.2. The second kappa shape index (κ2) is 11.5. The quantitative estimate of drug-likeness (QED) is 0.269. The van der Waals surface area contributed by atoms with Crippen molar-refractivity contribution >= 4 is 9.52 Å². The predicted octanol–water partition coefficient (Wildman–Crippen LogP) is 7.01. The van der Waals surface area contributed by atoms with Gasteiger partial charge in [-0.05, 0) is 81.5 Å². The Hall–Kier alpha value is 0.137. The van der Waals surface area contributed by atoms with Gasteiger partial charge in [0.25, 0.3) is 0 Å². The van der Waals surface area contributed by atoms with Crippen molar-refractivity contribution in [2.45, 2.75) is 137 Å². The van der Waals surface area contributed by atoms with E-state index in [2.05, 4.69) is 54.6 Å². The summed E-state index contributed by atoms with van der Waals surface area (Å²) in [6.45, 7) is 18.9. The summed E-state index contributed by atoms with van der Waals surface area (Å²) in [7, 11) is 2.31. The van der Waals surface area contributed by atoms with Gasteiger partial charge >= 0.3 is 0 Å². The van der Waals surface area contributed by atoms with Crippen molar-refractivity contribution < 1.29 is 9.47 Å². The molecule has 0 N–H and O–H groups in total. The van der Waals surface area contributed by atoms with Crippen LogP contribution in [-0.2, 0) is 9.47 Å². The summed E-state index contributed by atoms with van der Waals surface area (Å²) in [6.07, 6.45) is 14.1. The number of methoxy groups -OCH3 is 1. The Balaban J connectivity index is 0.00000122. The van der Waals surface area contributed by atoms with Crippen LogP contribution in [-0.4, -0.2) is 34.4 Å². The maximum Gasteiger partial charge on any atom is 0.0844 e. The van der Waals surface area contributed by atoms with Crippen molar-refractivity contribution in [1.82, 2.24) is 0 Å². The van der Waals surface area contributed by atoms with E-state index in [1.165, 1.54) is 57.8 Å². The molecule has 5 atom stereocenters. The molecular weight excluding hydrogens is 360 g/mol. The summed E-state index contributed by atoms with van der Waals surface area (Å²) < 4.78 is 11.7. The maximum absolute atomic E-state index is 5.95. The number of ether oxygens (including phenoxy) is 2. The topological polar surface area (TPSA) is 21.8 Å². The lowest BCUT2D eigenvalue weighted by molar-refractivity contribution is -0.0472. The molecule has 1 saturated heterocycles. The zero-order valence-electron chi connectivity index (χ0n) is 20.8. The molecule has 2 fully saturated rings. The van der Waals surface area contributed by atoms with Crippen LogP contribution in [0.5, 0.6) is 0 Å². The van der Waals surface area contributed by atoms with Crippen LogP contribution in [0.25, 0.3) is 0 Å². The van der Waals surface area contributed by atoms with Crippen LogP contribution >= 0.6 is 0 Å². The molecule has 0 radical (unpaired) electrons. The Morgan fingerprint density at radius 3 is 2.11 bits per heavy atom. The zero-order chi connectivity index (χ0) is 21.4. The van der Waals surface area contributed by atoms with Crippen LogP contribution in [0.1, 0.15) is 106 Å². The smallest absolute Gasteiger partial charge is 0.0844 e. The van der Waals surface area contributed by atoms with Gasteiger partial charge in [-0.25, -0.2) is 0 Å². The largest absolute Gasteiger partial charge is 0.379 e. The van der Waals surface area contributed by atoms with E-state index in [4.69, 9.17) is 9.47 Å². The first-order valence-corrected chi connectivity index (χ1v) is 15.1. The molecule has 0 bridgehead atoms. The van der Waals surface area contributed by atoms with Gasteiger partial charge in [-0.2, -0.15) is 0 Å². The van der Waals surface area contributed by atoms with Crippen molar-refractivity contribution in [1.29, 1.82) is 0 Å². The molecule has 5 unspecified atom stereocenters. The van der Waals surface area contributed by atoms with E-state index in [-0.39, 0.29) is 5.60 Å². The minimum atomic E-state index is 0.00824. The molecule has 1 aliphatic carbocycles. The van der Waals surface area contributed by atoms with Gasteiger partial charge in [-0.15, -0.1) is 0 Å². The Bertz CT molecular complexity index is 432. The van der Waals surface area contributed by atoms with Gasteiger partial charge in [0.1, 0.15) is 0 Å². The van der Waals surface area contributed by atoms with Gasteiger partial charge in [0.15, 0.2) is 0 Å². The average Bonchev–Trinajstić information content (AvgIpc) is 3.38. The van der Waals surface area contributed by atoms with Gasteiger partial charge in [0.2, 0.25) is 0 Å².